The third kappa shape index (κ3) is 46.1. The second kappa shape index (κ2) is 51.4. The number of esters is 4. The normalized spacial score (nSPS) is 11.8. The van der Waals surface area contributed by atoms with Gasteiger partial charge >= 0.3 is 35.8 Å². The van der Waals surface area contributed by atoms with Crippen LogP contribution < -0.4 is 10.1 Å². The van der Waals surface area contributed by atoms with Crippen molar-refractivity contribution in [2.75, 3.05) is 13.2 Å². The molecule has 0 aliphatic heterocycles. The van der Waals surface area contributed by atoms with E-state index in [2.05, 4.69) is 151 Å². The Morgan fingerprint density at radius 3 is 1.40 bits per heavy atom. The summed E-state index contributed by atoms with van der Waals surface area (Å²) in [7, 11) is 0. The van der Waals surface area contributed by atoms with Crippen molar-refractivity contribution in [3.8, 4) is 11.5 Å². The lowest BCUT2D eigenvalue weighted by atomic mass is 9.90. The zero-order valence-electron chi connectivity index (χ0n) is 49.7. The van der Waals surface area contributed by atoms with Gasteiger partial charge in [0, 0.05) is 37.6 Å². The molecule has 0 spiro atoms. The topological polar surface area (TPSA) is 249 Å². The number of nitrogens with one attached hydrogen (secondary N) is 1. The summed E-state index contributed by atoms with van der Waals surface area (Å²) < 4.78 is 15.0. The summed E-state index contributed by atoms with van der Waals surface area (Å²) in [4.78, 5) is 90.2. The molecule has 2 rings (SSSR count). The molecule has 2 aromatic rings. The fourth-order valence-electron chi connectivity index (χ4n) is 6.73. The Labute approximate surface area is 497 Å². The number of aromatic hydroxyl groups is 1. The van der Waals surface area contributed by atoms with Gasteiger partial charge in [-0.25, -0.2) is 9.59 Å². The number of rotatable bonds is 40. The Morgan fingerprint density at radius 1 is 0.548 bits per heavy atom. The van der Waals surface area contributed by atoms with Crippen LogP contribution in [-0.4, -0.2) is 70.2 Å². The van der Waals surface area contributed by atoms with Crippen LogP contribution in [0.5, 0.6) is 11.5 Å². The molecule has 0 bridgehead atoms. The number of benzene rings is 2. The summed E-state index contributed by atoms with van der Waals surface area (Å²) in [6.07, 6.45) is 56.2. The zero-order chi connectivity index (χ0) is 62.3. The average molecular weight is 1160 g/mol. The highest BCUT2D eigenvalue weighted by Crippen LogP contribution is 2.23. The van der Waals surface area contributed by atoms with Crippen molar-refractivity contribution in [3.05, 3.63) is 198 Å². The largest absolute Gasteiger partial charge is 0.507 e. The molecular weight excluding hydrogens is 1070 g/mol. The number of phenols is 1. The van der Waals surface area contributed by atoms with Gasteiger partial charge in [-0.05, 0) is 119 Å². The second-order valence-corrected chi connectivity index (χ2v) is 19.4. The Balaban J connectivity index is 0.00000128. The second-order valence-electron chi connectivity index (χ2n) is 19.4. The van der Waals surface area contributed by atoms with Gasteiger partial charge in [0.1, 0.15) is 22.6 Å². The molecule has 456 valence electrons. The lowest BCUT2D eigenvalue weighted by molar-refractivity contribution is -0.159. The minimum absolute atomic E-state index is 0.0253. The molecule has 84 heavy (non-hydrogen) atoms. The number of hydrogen-bond acceptors (Lipinski definition) is 13. The van der Waals surface area contributed by atoms with Crippen molar-refractivity contribution in [1.29, 1.82) is 0 Å². The highest BCUT2D eigenvalue weighted by molar-refractivity contribution is 5.96. The van der Waals surface area contributed by atoms with Crippen molar-refractivity contribution < 1.29 is 63.1 Å². The smallest absolute Gasteiger partial charge is 0.347 e. The number of nitrogens with zero attached hydrogens (tertiary/aromatic N) is 1. The number of allylic oxidation sites excluding steroid dienone is 21. The first-order valence-electron chi connectivity index (χ1n) is 28.7. The van der Waals surface area contributed by atoms with Gasteiger partial charge in [0.2, 0.25) is 5.91 Å². The molecule has 4 N–H and O–H groups in total. The van der Waals surface area contributed by atoms with Crippen molar-refractivity contribution in [1.82, 2.24) is 5.32 Å². The Morgan fingerprint density at radius 2 is 0.964 bits per heavy atom. The van der Waals surface area contributed by atoms with E-state index in [1.165, 1.54) is 30.3 Å². The number of carboxylic acid groups (broad SMARTS) is 2. The fourth-order valence-corrected chi connectivity index (χ4v) is 6.73. The van der Waals surface area contributed by atoms with E-state index in [9.17, 15) is 43.6 Å². The van der Waals surface area contributed by atoms with Gasteiger partial charge in [0.05, 0.1) is 25.1 Å². The third-order valence-electron chi connectivity index (χ3n) is 11.2. The van der Waals surface area contributed by atoms with Crippen LogP contribution in [0.2, 0.25) is 0 Å². The SMILES string of the molecule is C=C(CCC(=O)OC(=O)CCC/C=C\C/C=C\C/C=C\C/C=C\C/C=C\CC)N=O.CC/C=C\C/C=C\C/C=C\C/C=C\C/C=C\CCCC(=O)OCC(C)(C)CC(=O)NCCC(=O)O.O=C(Oc1ccccc1C(=O)O)c1ccccc1O. The molecule has 0 fully saturated rings. The first-order valence-corrected chi connectivity index (χ1v) is 28.7. The Kier molecular flexibility index (Phi) is 46.1. The number of carbonyl (C=O) groups excluding carboxylic acids is 5. The number of aliphatic carboxylic acids is 1. The molecule has 16 heteroatoms. The summed E-state index contributed by atoms with van der Waals surface area (Å²) >= 11 is 0. The maximum atomic E-state index is 11.9. The highest BCUT2D eigenvalue weighted by atomic mass is 16.6. The van der Waals surface area contributed by atoms with Crippen LogP contribution in [0.3, 0.4) is 0 Å². The molecule has 0 atom stereocenters. The predicted octanol–water partition coefficient (Wildman–Crippen LogP) is 15.8. The number of carbonyl (C=O) groups is 7. The van der Waals surface area contributed by atoms with Crippen LogP contribution >= 0.6 is 0 Å². The van der Waals surface area contributed by atoms with Gasteiger partial charge < -0.3 is 34.8 Å². The van der Waals surface area contributed by atoms with Crippen LogP contribution in [0, 0.1) is 10.3 Å². The summed E-state index contributed by atoms with van der Waals surface area (Å²) in [6, 6.07) is 11.7. The molecule has 0 radical (unpaired) electrons. The van der Waals surface area contributed by atoms with Crippen molar-refractivity contribution >= 4 is 41.7 Å². The van der Waals surface area contributed by atoms with E-state index in [-0.39, 0.29) is 85.5 Å². The molecule has 0 unspecified atom stereocenters. The molecule has 0 aliphatic carbocycles. The predicted molar refractivity (Wildman–Crippen MR) is 333 cm³/mol. The van der Waals surface area contributed by atoms with Gasteiger partial charge in [-0.15, -0.1) is 4.91 Å². The lowest BCUT2D eigenvalue weighted by Crippen LogP contribution is -2.33. The number of para-hydroxylation sites is 2. The maximum Gasteiger partial charge on any atom is 0.347 e. The van der Waals surface area contributed by atoms with Crippen LogP contribution in [0.15, 0.2) is 188 Å². The molecule has 2 aromatic carbocycles. The Hall–Kier alpha value is -8.53. The van der Waals surface area contributed by atoms with Crippen LogP contribution in [0.25, 0.3) is 0 Å². The van der Waals surface area contributed by atoms with E-state index in [1.807, 2.05) is 19.9 Å². The first kappa shape index (κ1) is 75.5. The molecule has 1 amide bonds. The number of nitroso groups, excluding NO2 is 1. The number of phenolic OH excluding ortho intramolecular Hbond substituents is 1. The first-order chi connectivity index (χ1) is 40.5. The molecule has 0 saturated heterocycles. The molecular formula is C68H90N2O14. The van der Waals surface area contributed by atoms with Gasteiger partial charge in [-0.1, -0.05) is 180 Å². The minimum atomic E-state index is -1.19. The van der Waals surface area contributed by atoms with Crippen molar-refractivity contribution in [2.24, 2.45) is 10.6 Å². The van der Waals surface area contributed by atoms with E-state index in [0.29, 0.717) is 12.8 Å². The van der Waals surface area contributed by atoms with E-state index >= 15 is 0 Å². The van der Waals surface area contributed by atoms with Crippen LogP contribution in [0.4, 0.5) is 0 Å². The van der Waals surface area contributed by atoms with E-state index in [4.69, 9.17) is 19.7 Å². The van der Waals surface area contributed by atoms with Crippen LogP contribution in [-0.2, 0) is 33.4 Å². The number of carboxylic acids is 2. The quantitative estimate of drug-likeness (QED) is 0.0121. The average Bonchev–Trinajstić information content (AvgIpc) is 3.66. The molecule has 0 aliphatic rings. The number of hydrogen-bond donors (Lipinski definition) is 4. The molecule has 0 saturated carbocycles. The lowest BCUT2D eigenvalue weighted by Gasteiger charge is -2.23. The van der Waals surface area contributed by atoms with E-state index in [0.717, 1.165) is 83.5 Å². The van der Waals surface area contributed by atoms with Gasteiger partial charge in [0.25, 0.3) is 0 Å². The zero-order valence-corrected chi connectivity index (χ0v) is 49.7. The number of amides is 1. The van der Waals surface area contributed by atoms with Gasteiger partial charge in [0.15, 0.2) is 0 Å². The number of aromatic carboxylic acids is 1. The number of ether oxygens (including phenoxy) is 3. The standard InChI is InChI=1S/C29H45NO5.C25H35NO4.C14H10O5/c1-4-5-6-7-8-9-10-11-12-13-14-15-16-17-18-19-20-21-28(34)35-25-29(2,3)24-26(31)30-23-22-27(32)33;1-3-4-5-6-7-8-9-10-11-12-13-14-15-16-17-18-19-20-24(27)30-25(28)22-21-23(2)26-29;15-11-7-3-1-5-9(11)14(18)19-12-8-4-2-6-10(12)13(16)17/h5-6,8-9,11-12,14-15,17-18H,4,7,10,13,16,19-25H2,1-3H3,(H,30,31)(H,32,33);4-5,7-8,10-11,13-14,16-17H,2-3,6,9,12,15,18-22H2,1H3;1-8,15H,(H,16,17)/b6-5-,9-8-,12-11-,15-14-,18-17-;5-4-,8-7-,11-10-,14-13-,17-16-;. The fraction of sp³-hybridized carbons (Fsp3) is 0.397. The summed E-state index contributed by atoms with van der Waals surface area (Å²) in [5.74, 6) is -4.96. The maximum absolute atomic E-state index is 11.9. The van der Waals surface area contributed by atoms with E-state index < -0.39 is 35.3 Å². The summed E-state index contributed by atoms with van der Waals surface area (Å²) in [5.41, 5.74) is -0.584. The summed E-state index contributed by atoms with van der Waals surface area (Å²) in [6.45, 7) is 11.6. The third-order valence-corrected chi connectivity index (χ3v) is 11.2. The molecule has 0 aromatic heterocycles. The molecule has 16 nitrogen and oxygen atoms in total. The van der Waals surface area contributed by atoms with Crippen molar-refractivity contribution in [3.63, 3.8) is 0 Å². The minimum Gasteiger partial charge on any atom is -0.507 e. The van der Waals surface area contributed by atoms with Gasteiger partial charge in [-0.3, -0.25) is 24.0 Å². The highest BCUT2D eigenvalue weighted by Gasteiger charge is 2.24. The van der Waals surface area contributed by atoms with Crippen molar-refractivity contribution in [2.45, 2.75) is 156 Å². The van der Waals surface area contributed by atoms with Crippen LogP contribution in [0.1, 0.15) is 177 Å². The molecule has 0 heterocycles. The monoisotopic (exact) mass is 1160 g/mol. The van der Waals surface area contributed by atoms with Gasteiger partial charge in [-0.2, -0.15) is 0 Å². The number of unbranched alkanes of at least 4 members (excludes halogenated alkanes) is 2. The van der Waals surface area contributed by atoms with E-state index in [1.54, 1.807) is 18.2 Å². The Bertz CT molecular complexity index is 2590. The summed E-state index contributed by atoms with van der Waals surface area (Å²) in [5, 5.41) is 32.3.